The topological polar surface area (TPSA) is 52.0 Å². The van der Waals surface area contributed by atoms with Crippen molar-refractivity contribution in [2.24, 2.45) is 0 Å². The van der Waals surface area contributed by atoms with Crippen molar-refractivity contribution in [3.05, 3.63) is 69.9 Å². The van der Waals surface area contributed by atoms with E-state index in [1.807, 2.05) is 24.3 Å². The molecule has 0 bridgehead atoms. The number of halogens is 1. The van der Waals surface area contributed by atoms with Crippen molar-refractivity contribution in [1.29, 1.82) is 0 Å². The van der Waals surface area contributed by atoms with Gasteiger partial charge in [0.05, 0.1) is 5.56 Å². The fraction of sp³-hybridized carbons (Fsp3) is 0.118. The second kappa shape index (κ2) is 4.74. The van der Waals surface area contributed by atoms with Crippen LogP contribution in [0.4, 0.5) is 5.82 Å². The summed E-state index contributed by atoms with van der Waals surface area (Å²) in [4.78, 5) is 0. The van der Waals surface area contributed by atoms with E-state index in [-0.39, 0.29) is 5.92 Å². The first-order valence-electron chi connectivity index (χ1n) is 6.83. The van der Waals surface area contributed by atoms with Crippen molar-refractivity contribution in [3.63, 3.8) is 0 Å². The van der Waals surface area contributed by atoms with Gasteiger partial charge in [0.1, 0.15) is 0 Å². The van der Waals surface area contributed by atoms with Gasteiger partial charge < -0.3 is 10.3 Å². The molecule has 1 aliphatic rings. The lowest BCUT2D eigenvalue weighted by Gasteiger charge is -2.28. The van der Waals surface area contributed by atoms with Crippen LogP contribution in [-0.2, 0) is 6.42 Å². The first-order chi connectivity index (χ1) is 10.3. The molecular weight excluding hydrogens is 328 g/mol. The summed E-state index contributed by atoms with van der Waals surface area (Å²) in [6.07, 6.45) is 0.974. The molecule has 1 aliphatic carbocycles. The summed E-state index contributed by atoms with van der Waals surface area (Å²) < 4.78 is 6.56. The van der Waals surface area contributed by atoms with E-state index < -0.39 is 0 Å². The Bertz CT molecular complexity index is 825. The quantitative estimate of drug-likeness (QED) is 0.753. The molecule has 0 spiro atoms. The highest BCUT2D eigenvalue weighted by atomic mass is 79.9. The number of hydrogen-bond donors (Lipinski definition) is 1. The van der Waals surface area contributed by atoms with Gasteiger partial charge in [0, 0.05) is 16.0 Å². The molecule has 0 amide bonds. The molecule has 1 unspecified atom stereocenters. The predicted molar refractivity (Wildman–Crippen MR) is 86.0 cm³/mol. The van der Waals surface area contributed by atoms with Gasteiger partial charge in [0.2, 0.25) is 0 Å². The molecule has 4 rings (SSSR count). The average molecular weight is 341 g/mol. The van der Waals surface area contributed by atoms with Gasteiger partial charge in [0.25, 0.3) is 0 Å². The molecule has 104 valence electrons. The van der Waals surface area contributed by atoms with Crippen molar-refractivity contribution in [2.45, 2.75) is 12.3 Å². The molecule has 4 heteroatoms. The molecule has 0 radical (unpaired) electrons. The summed E-state index contributed by atoms with van der Waals surface area (Å²) in [5.41, 5.74) is 10.7. The standard InChI is InChI=1S/C17H13BrN2O/c18-14-8-4-3-7-12(14)15-16(21-20-17(15)19)13-9-10-5-1-2-6-11(10)13/h1-8,13H,9H2,(H2,19,20). The fourth-order valence-electron chi connectivity index (χ4n) is 2.98. The van der Waals surface area contributed by atoms with Gasteiger partial charge in [0.15, 0.2) is 11.6 Å². The van der Waals surface area contributed by atoms with Crippen LogP contribution in [-0.4, -0.2) is 5.16 Å². The molecule has 2 N–H and O–H groups in total. The fourth-order valence-corrected chi connectivity index (χ4v) is 3.46. The Kier molecular flexibility index (Phi) is 2.86. The van der Waals surface area contributed by atoms with E-state index in [0.29, 0.717) is 5.82 Å². The number of nitrogen functional groups attached to an aromatic ring is 1. The number of nitrogens with two attached hydrogens (primary N) is 1. The molecule has 21 heavy (non-hydrogen) atoms. The molecule has 1 aromatic heterocycles. The Morgan fingerprint density at radius 1 is 1.10 bits per heavy atom. The summed E-state index contributed by atoms with van der Waals surface area (Å²) in [6.45, 7) is 0. The summed E-state index contributed by atoms with van der Waals surface area (Å²) in [6, 6.07) is 16.4. The number of benzene rings is 2. The molecule has 1 heterocycles. The highest BCUT2D eigenvalue weighted by Crippen LogP contribution is 2.46. The van der Waals surface area contributed by atoms with Gasteiger partial charge in [-0.1, -0.05) is 63.6 Å². The highest BCUT2D eigenvalue weighted by molar-refractivity contribution is 9.10. The molecule has 3 aromatic rings. The maximum atomic E-state index is 6.05. The third kappa shape index (κ3) is 1.90. The molecule has 1 atom stereocenters. The normalized spacial score (nSPS) is 16.3. The van der Waals surface area contributed by atoms with Crippen LogP contribution < -0.4 is 5.73 Å². The minimum Gasteiger partial charge on any atom is -0.380 e. The monoisotopic (exact) mass is 340 g/mol. The van der Waals surface area contributed by atoms with Crippen LogP contribution in [0.3, 0.4) is 0 Å². The van der Waals surface area contributed by atoms with Gasteiger partial charge in [-0.05, 0) is 23.6 Å². The molecule has 0 saturated carbocycles. The lowest BCUT2D eigenvalue weighted by molar-refractivity contribution is 0.365. The van der Waals surface area contributed by atoms with Gasteiger partial charge in [-0.2, -0.15) is 0 Å². The van der Waals surface area contributed by atoms with Gasteiger partial charge in [-0.15, -0.1) is 0 Å². The minimum absolute atomic E-state index is 0.244. The van der Waals surface area contributed by atoms with Gasteiger partial charge in [-0.25, -0.2) is 0 Å². The molecule has 2 aromatic carbocycles. The SMILES string of the molecule is Nc1noc(C2Cc3ccccc32)c1-c1ccccc1Br. The van der Waals surface area contributed by atoms with Crippen LogP contribution >= 0.6 is 15.9 Å². The van der Waals surface area contributed by atoms with E-state index in [2.05, 4.69) is 45.4 Å². The molecular formula is C17H13BrN2O. The lowest BCUT2D eigenvalue weighted by Crippen LogP contribution is -2.18. The van der Waals surface area contributed by atoms with Crippen LogP contribution in [0.5, 0.6) is 0 Å². The number of nitrogens with zero attached hydrogens (tertiary/aromatic N) is 1. The maximum absolute atomic E-state index is 6.05. The lowest BCUT2D eigenvalue weighted by atomic mass is 9.75. The highest BCUT2D eigenvalue weighted by Gasteiger charge is 2.34. The summed E-state index contributed by atoms with van der Waals surface area (Å²) >= 11 is 3.58. The zero-order chi connectivity index (χ0) is 14.4. The third-order valence-electron chi connectivity index (χ3n) is 4.06. The second-order valence-corrected chi connectivity index (χ2v) is 6.10. The van der Waals surface area contributed by atoms with Crippen molar-refractivity contribution in [1.82, 2.24) is 5.16 Å². The number of hydrogen-bond acceptors (Lipinski definition) is 3. The van der Waals surface area contributed by atoms with Crippen LogP contribution in [0.25, 0.3) is 11.1 Å². The molecule has 0 saturated heterocycles. The summed E-state index contributed by atoms with van der Waals surface area (Å²) in [5, 5.41) is 3.99. The number of fused-ring (bicyclic) bond motifs is 1. The second-order valence-electron chi connectivity index (χ2n) is 5.24. The number of rotatable bonds is 2. The molecule has 0 fully saturated rings. The molecule has 3 nitrogen and oxygen atoms in total. The third-order valence-corrected chi connectivity index (χ3v) is 4.75. The zero-order valence-electron chi connectivity index (χ0n) is 11.2. The molecule has 0 aliphatic heterocycles. The summed E-state index contributed by atoms with van der Waals surface area (Å²) in [5.74, 6) is 1.55. The average Bonchev–Trinajstić information content (AvgIpc) is 2.83. The van der Waals surface area contributed by atoms with Crippen LogP contribution in [0.2, 0.25) is 0 Å². The Morgan fingerprint density at radius 3 is 2.67 bits per heavy atom. The predicted octanol–water partition coefficient (Wildman–Crippen LogP) is 4.37. The van der Waals surface area contributed by atoms with Crippen molar-refractivity contribution in [2.75, 3.05) is 5.73 Å². The van der Waals surface area contributed by atoms with E-state index >= 15 is 0 Å². The van der Waals surface area contributed by atoms with Crippen molar-refractivity contribution >= 4 is 21.7 Å². The Labute approximate surface area is 130 Å². The zero-order valence-corrected chi connectivity index (χ0v) is 12.8. The number of anilines is 1. The van der Waals surface area contributed by atoms with Gasteiger partial charge >= 0.3 is 0 Å². The summed E-state index contributed by atoms with van der Waals surface area (Å²) in [7, 11) is 0. The Morgan fingerprint density at radius 2 is 1.86 bits per heavy atom. The van der Waals surface area contributed by atoms with Crippen molar-refractivity contribution in [3.8, 4) is 11.1 Å². The van der Waals surface area contributed by atoms with E-state index in [1.165, 1.54) is 11.1 Å². The van der Waals surface area contributed by atoms with E-state index in [4.69, 9.17) is 10.3 Å². The maximum Gasteiger partial charge on any atom is 0.175 e. The van der Waals surface area contributed by atoms with E-state index in [9.17, 15) is 0 Å². The van der Waals surface area contributed by atoms with Crippen LogP contribution in [0.15, 0.2) is 57.5 Å². The minimum atomic E-state index is 0.244. The van der Waals surface area contributed by atoms with Gasteiger partial charge in [-0.3, -0.25) is 0 Å². The van der Waals surface area contributed by atoms with E-state index in [1.54, 1.807) is 0 Å². The number of aromatic nitrogens is 1. The van der Waals surface area contributed by atoms with Crippen LogP contribution in [0, 0.1) is 0 Å². The Balaban J connectivity index is 1.85. The van der Waals surface area contributed by atoms with Crippen molar-refractivity contribution < 1.29 is 4.52 Å². The smallest absolute Gasteiger partial charge is 0.175 e. The van der Waals surface area contributed by atoms with Crippen LogP contribution in [0.1, 0.15) is 22.8 Å². The first kappa shape index (κ1) is 12.7. The largest absolute Gasteiger partial charge is 0.380 e. The van der Waals surface area contributed by atoms with E-state index in [0.717, 1.165) is 27.8 Å². The first-order valence-corrected chi connectivity index (χ1v) is 7.62. The Hall–Kier alpha value is -2.07.